The van der Waals surface area contributed by atoms with Gasteiger partial charge in [0.2, 0.25) is 11.5 Å². The molecule has 8 N–H and O–H groups in total. The minimum Gasteiger partial charge on any atom is -0.352 e. The van der Waals surface area contributed by atoms with Crippen molar-refractivity contribution >= 4 is 38.3 Å². The van der Waals surface area contributed by atoms with E-state index in [1.807, 2.05) is 36.4 Å². The van der Waals surface area contributed by atoms with E-state index in [0.29, 0.717) is 73.9 Å². The van der Waals surface area contributed by atoms with Crippen LogP contribution in [-0.2, 0) is 69.1 Å². The summed E-state index contributed by atoms with van der Waals surface area (Å²) in [6.45, 7) is 2.74. The van der Waals surface area contributed by atoms with Crippen LogP contribution in [0.25, 0.3) is 64.9 Å². The highest BCUT2D eigenvalue weighted by Gasteiger charge is 2.44. The average Bonchev–Trinajstić information content (AvgIpc) is 4.39. The molecule has 0 amide bonds. The summed E-state index contributed by atoms with van der Waals surface area (Å²) >= 11 is 2.29. The van der Waals surface area contributed by atoms with Gasteiger partial charge in [0, 0.05) is 22.2 Å². The fraction of sp³-hybridized carbons (Fsp3) is 0.308. The molecule has 4 heterocycles. The molecule has 4 aromatic carbocycles. The Kier molecular flexibility index (Phi) is 16.1. The summed E-state index contributed by atoms with van der Waals surface area (Å²) in [5.74, 6) is -0.780. The van der Waals surface area contributed by atoms with Gasteiger partial charge < -0.3 is 40.1 Å². The normalized spacial score (nSPS) is 15.1. The van der Waals surface area contributed by atoms with Gasteiger partial charge in [0.15, 0.2) is 10.0 Å². The predicted molar refractivity (Wildman–Crippen MR) is 280 cm³/mol. The number of aryl methyl sites for hydroxylation is 6. The molecule has 0 radical (unpaired) electrons. The van der Waals surface area contributed by atoms with Crippen molar-refractivity contribution in [2.24, 2.45) is 11.5 Å². The number of aromatic nitrogens is 4. The fourth-order valence-electron chi connectivity index (χ4n) is 9.08. The third kappa shape index (κ3) is 13.5. The van der Waals surface area contributed by atoms with E-state index in [0.717, 1.165) is 65.8 Å². The maximum absolute atomic E-state index is 14.2. The number of phosphoric ester groups is 2. The van der Waals surface area contributed by atoms with Crippen LogP contribution in [0.5, 0.6) is 0 Å². The molecule has 8 aromatic rings. The summed E-state index contributed by atoms with van der Waals surface area (Å²) in [5, 5.41) is 7.79. The molecule has 0 aliphatic heterocycles. The highest BCUT2D eigenvalue weighted by atomic mass is 32.1. The minimum atomic E-state index is -4.69. The molecule has 2 atom stereocenters. The Morgan fingerprint density at radius 3 is 1.29 bits per heavy atom. The number of rotatable bonds is 16. The summed E-state index contributed by atoms with van der Waals surface area (Å²) < 4.78 is 127. The Balaban J connectivity index is 0.000000190. The number of hydrogen-bond acceptors (Lipinski definition) is 14. The van der Waals surface area contributed by atoms with Gasteiger partial charge in [-0.05, 0) is 98.6 Å². The first-order valence-electron chi connectivity index (χ1n) is 24.1. The molecule has 412 valence electrons. The molecular weight excluding hydrogens is 1110 g/mol. The molecule has 0 bridgehead atoms. The van der Waals surface area contributed by atoms with Crippen LogP contribution in [0.2, 0.25) is 0 Å². The molecule has 0 spiro atoms. The monoisotopic (exact) mass is 1160 g/mol. The molecule has 2 aliphatic carbocycles. The van der Waals surface area contributed by atoms with Crippen LogP contribution in [0.3, 0.4) is 0 Å². The maximum atomic E-state index is 14.2. The Labute approximate surface area is 449 Å². The van der Waals surface area contributed by atoms with Gasteiger partial charge in [-0.1, -0.05) is 107 Å². The van der Waals surface area contributed by atoms with Crippen molar-refractivity contribution in [3.05, 3.63) is 142 Å². The third-order valence-electron chi connectivity index (χ3n) is 13.0. The molecule has 0 saturated heterocycles. The summed E-state index contributed by atoms with van der Waals surface area (Å²) in [6, 6.07) is 27.9. The van der Waals surface area contributed by atoms with Crippen molar-refractivity contribution in [2.75, 3.05) is 13.2 Å². The van der Waals surface area contributed by atoms with Gasteiger partial charge in [0.05, 0.1) is 34.4 Å². The third-order valence-corrected chi connectivity index (χ3v) is 16.2. The highest BCUT2D eigenvalue weighted by Crippen LogP contribution is 2.50. The Bertz CT molecular complexity index is 3320. The lowest BCUT2D eigenvalue weighted by Crippen LogP contribution is -2.41. The molecule has 0 unspecified atom stereocenters. The van der Waals surface area contributed by atoms with E-state index >= 15 is 0 Å². The van der Waals surface area contributed by atoms with Crippen LogP contribution in [0.4, 0.5) is 26.3 Å². The standard InChI is InChI=1S/2C26H25F3N3O5PS/c2*1-25(30,14-36-38(33,34)35)12-11-15-7-9-18-17(13-15)8-10-19-23(18)39-24(31-19)22-20(26(27,28)29)21(32-37-22)16-5-3-2-4-6-16/h2*2-7,9,13H,8,10-12,14,30H2,1H3,(H2,33,34,35)/t2*25-/m10/s1. The largest absolute Gasteiger partial charge is 0.469 e. The van der Waals surface area contributed by atoms with E-state index < -0.39 is 61.7 Å². The number of fused-ring (bicyclic) bond motifs is 6. The molecule has 16 nitrogen and oxygen atoms in total. The molecule has 78 heavy (non-hydrogen) atoms. The van der Waals surface area contributed by atoms with Gasteiger partial charge in [-0.15, -0.1) is 22.7 Å². The minimum absolute atomic E-state index is 0.128. The van der Waals surface area contributed by atoms with Crippen molar-refractivity contribution in [3.63, 3.8) is 0 Å². The number of phosphoric acid groups is 2. The SMILES string of the molecule is C[C@@](N)(CCc1ccc2c(c1)CCc1nc(-c3onc(-c4ccccc4)c3C(F)(F)F)sc1-2)COP(=O)(O)O.C[C@](N)(CCc1ccc2c(c1)CCc1nc(-c3onc(-c4ccccc4)c3C(F)(F)F)sc1-2)COP(=O)(O)O. The second kappa shape index (κ2) is 22.1. The van der Waals surface area contributed by atoms with Crippen LogP contribution in [-0.4, -0.2) is 64.1 Å². The molecule has 26 heteroatoms. The second-order valence-corrected chi connectivity index (χ2v) is 24.1. The van der Waals surface area contributed by atoms with Gasteiger partial charge in [-0.2, -0.15) is 26.3 Å². The van der Waals surface area contributed by atoms with Crippen molar-refractivity contribution in [1.82, 2.24) is 20.3 Å². The molecule has 0 fully saturated rings. The Hall–Kier alpha value is -5.72. The predicted octanol–water partition coefficient (Wildman–Crippen LogP) is 12.0. The quantitative estimate of drug-likeness (QED) is 0.0388. The summed E-state index contributed by atoms with van der Waals surface area (Å²) in [4.78, 5) is 46.3. The van der Waals surface area contributed by atoms with Gasteiger partial charge in [-0.25, -0.2) is 19.1 Å². The number of benzene rings is 4. The fourth-order valence-corrected chi connectivity index (χ4v) is 12.3. The Morgan fingerprint density at radius 1 is 0.577 bits per heavy atom. The van der Waals surface area contributed by atoms with E-state index in [1.165, 1.54) is 0 Å². The van der Waals surface area contributed by atoms with Gasteiger partial charge in [0.1, 0.15) is 22.5 Å². The lowest BCUT2D eigenvalue weighted by molar-refractivity contribution is -0.137. The zero-order chi connectivity index (χ0) is 56.0. The highest BCUT2D eigenvalue weighted by molar-refractivity contribution is 7.46. The van der Waals surface area contributed by atoms with Crippen LogP contribution >= 0.6 is 38.3 Å². The van der Waals surface area contributed by atoms with E-state index in [1.54, 1.807) is 74.5 Å². The lowest BCUT2D eigenvalue weighted by Gasteiger charge is -2.25. The van der Waals surface area contributed by atoms with E-state index in [2.05, 4.69) is 29.3 Å². The lowest BCUT2D eigenvalue weighted by atomic mass is 9.89. The zero-order valence-electron chi connectivity index (χ0n) is 41.5. The molecule has 4 aromatic heterocycles. The number of nitrogens with two attached hydrogens (primary N) is 2. The van der Waals surface area contributed by atoms with Crippen molar-refractivity contribution in [1.29, 1.82) is 0 Å². The molecule has 10 rings (SSSR count). The first kappa shape index (κ1) is 57.0. The van der Waals surface area contributed by atoms with Crippen molar-refractivity contribution < 1.29 is 73.1 Å². The summed E-state index contributed by atoms with van der Waals surface area (Å²) in [7, 11) is -9.22. The van der Waals surface area contributed by atoms with E-state index in [4.69, 9.17) is 40.1 Å². The number of thiazole rings is 2. The first-order valence-corrected chi connectivity index (χ1v) is 28.8. The van der Waals surface area contributed by atoms with Crippen molar-refractivity contribution in [3.8, 4) is 64.9 Å². The number of nitrogens with zero attached hydrogens (tertiary/aromatic N) is 4. The number of alkyl halides is 6. The smallest absolute Gasteiger partial charge is 0.352 e. The van der Waals surface area contributed by atoms with Crippen LogP contribution in [0.1, 0.15) is 71.5 Å². The van der Waals surface area contributed by atoms with Crippen LogP contribution < -0.4 is 11.5 Å². The number of halogens is 6. The summed E-state index contributed by atoms with van der Waals surface area (Å²) in [5.41, 5.74) is 15.9. The molecule has 2 aliphatic rings. The molecule has 0 saturated carbocycles. The second-order valence-electron chi connectivity index (χ2n) is 19.6. The topological polar surface area (TPSA) is 263 Å². The van der Waals surface area contributed by atoms with E-state index in [-0.39, 0.29) is 34.6 Å². The van der Waals surface area contributed by atoms with Crippen LogP contribution in [0, 0.1) is 0 Å². The van der Waals surface area contributed by atoms with Crippen LogP contribution in [0.15, 0.2) is 106 Å². The number of hydrogen-bond donors (Lipinski definition) is 6. The zero-order valence-corrected chi connectivity index (χ0v) is 44.9. The first-order chi connectivity index (χ1) is 36.6. The summed E-state index contributed by atoms with van der Waals surface area (Å²) in [6.07, 6.45) is -4.95. The molecular formula is C52H50F6N6O10P2S2. The van der Waals surface area contributed by atoms with Gasteiger partial charge >= 0.3 is 28.0 Å². The van der Waals surface area contributed by atoms with Crippen molar-refractivity contribution in [2.45, 2.75) is 88.6 Å². The average molecular weight is 1160 g/mol. The van der Waals surface area contributed by atoms with Gasteiger partial charge in [-0.3, -0.25) is 9.05 Å². The Morgan fingerprint density at radius 2 is 0.949 bits per heavy atom. The van der Waals surface area contributed by atoms with Gasteiger partial charge in [0.25, 0.3) is 0 Å². The van der Waals surface area contributed by atoms with E-state index in [9.17, 15) is 35.5 Å². The maximum Gasteiger partial charge on any atom is 0.469 e.